The highest BCUT2D eigenvalue weighted by Crippen LogP contribution is 2.30. The molecule has 0 aromatic heterocycles. The highest BCUT2D eigenvalue weighted by Gasteiger charge is 2.33. The quantitative estimate of drug-likeness (QED) is 0.535. The van der Waals surface area contributed by atoms with E-state index >= 15 is 0 Å². The van der Waals surface area contributed by atoms with E-state index in [0.717, 1.165) is 17.7 Å². The second-order valence-corrected chi connectivity index (χ2v) is 5.96. The number of halogens is 2. The van der Waals surface area contributed by atoms with Crippen LogP contribution in [0.1, 0.15) is 24.5 Å². The number of anilines is 1. The van der Waals surface area contributed by atoms with Gasteiger partial charge >= 0.3 is 6.61 Å². The molecule has 3 rings (SSSR count). The first-order valence-corrected chi connectivity index (χ1v) is 8.70. The van der Waals surface area contributed by atoms with E-state index in [2.05, 4.69) is 14.9 Å². The number of ether oxygens (including phenoxy) is 2. The van der Waals surface area contributed by atoms with E-state index < -0.39 is 6.61 Å². The van der Waals surface area contributed by atoms with E-state index in [9.17, 15) is 13.6 Å². The summed E-state index contributed by atoms with van der Waals surface area (Å²) in [6, 6.07) is 11.9. The lowest BCUT2D eigenvalue weighted by molar-refractivity contribution is -0.112. The number of fused-ring (bicyclic) bond motifs is 1. The Bertz CT molecular complexity index is 929. The predicted molar refractivity (Wildman–Crippen MR) is 103 cm³/mol. The molecule has 1 aliphatic heterocycles. The first-order chi connectivity index (χ1) is 13.5. The molecule has 0 aliphatic carbocycles. The average molecular weight is 387 g/mol. The lowest BCUT2D eigenvalue weighted by atomic mass is 10.1. The third-order valence-corrected chi connectivity index (χ3v) is 4.11. The van der Waals surface area contributed by atoms with E-state index in [0.29, 0.717) is 12.1 Å². The van der Waals surface area contributed by atoms with Crippen LogP contribution in [0.4, 0.5) is 14.5 Å². The minimum absolute atomic E-state index is 0.106. The van der Waals surface area contributed by atoms with Crippen molar-refractivity contribution < 1.29 is 23.0 Å². The molecule has 2 aromatic rings. The Kier molecular flexibility index (Phi) is 5.98. The van der Waals surface area contributed by atoms with Gasteiger partial charge in [0.2, 0.25) is 0 Å². The Morgan fingerprint density at radius 1 is 1.18 bits per heavy atom. The molecule has 0 bridgehead atoms. The monoisotopic (exact) mass is 387 g/mol. The molecule has 0 N–H and O–H groups in total. The highest BCUT2D eigenvalue weighted by molar-refractivity contribution is 6.54. The third kappa shape index (κ3) is 4.00. The van der Waals surface area contributed by atoms with Crippen molar-refractivity contribution in [2.24, 2.45) is 10.2 Å². The van der Waals surface area contributed by atoms with Gasteiger partial charge in [-0.05, 0) is 36.2 Å². The number of carbonyl (C=O) groups is 1. The van der Waals surface area contributed by atoms with Crippen LogP contribution in [0.25, 0.3) is 0 Å². The molecule has 28 heavy (non-hydrogen) atoms. The molecule has 1 aliphatic rings. The third-order valence-electron chi connectivity index (χ3n) is 4.11. The number of rotatable bonds is 7. The van der Waals surface area contributed by atoms with Crippen molar-refractivity contribution in [2.45, 2.75) is 20.0 Å². The Balaban J connectivity index is 1.87. The molecule has 146 valence electrons. The van der Waals surface area contributed by atoms with Crippen molar-refractivity contribution in [1.29, 1.82) is 0 Å². The standard InChI is InChI=1S/C20H19F2N3O3/c1-3-10-25-15-7-5-4-6-14(15)18(19(25)26)24-23-12-13-8-9-16(27-2)17(11-13)28-20(21)22/h4-9,11-12,20H,3,10H2,1-2H3/b23-12-,24-18+. The molecule has 0 saturated carbocycles. The molecule has 0 radical (unpaired) electrons. The van der Waals surface area contributed by atoms with Gasteiger partial charge in [0, 0.05) is 12.1 Å². The molecular formula is C20H19F2N3O3. The summed E-state index contributed by atoms with van der Waals surface area (Å²) >= 11 is 0. The SMILES string of the molecule is CCCN1C(=O)/C(=N/N=C\c2ccc(OC)c(OC(F)F)c2)c2ccccc21. The predicted octanol–water partition coefficient (Wildman–Crippen LogP) is 3.88. The topological polar surface area (TPSA) is 63.5 Å². The van der Waals surface area contributed by atoms with Crippen molar-refractivity contribution in [1.82, 2.24) is 0 Å². The zero-order chi connectivity index (χ0) is 20.1. The maximum Gasteiger partial charge on any atom is 0.387 e. The van der Waals surface area contributed by atoms with Crippen LogP contribution < -0.4 is 14.4 Å². The van der Waals surface area contributed by atoms with Crippen LogP contribution in [0.15, 0.2) is 52.7 Å². The van der Waals surface area contributed by atoms with Gasteiger partial charge in [-0.3, -0.25) is 4.79 Å². The van der Waals surface area contributed by atoms with Crippen LogP contribution in [-0.4, -0.2) is 38.1 Å². The Morgan fingerprint density at radius 2 is 1.96 bits per heavy atom. The number of nitrogens with zero attached hydrogens (tertiary/aromatic N) is 3. The fraction of sp³-hybridized carbons (Fsp3) is 0.250. The van der Waals surface area contributed by atoms with Gasteiger partial charge in [-0.15, -0.1) is 5.10 Å². The summed E-state index contributed by atoms with van der Waals surface area (Å²) < 4.78 is 34.5. The van der Waals surface area contributed by atoms with E-state index in [1.165, 1.54) is 25.5 Å². The summed E-state index contributed by atoms with van der Waals surface area (Å²) in [5.74, 6) is -0.138. The van der Waals surface area contributed by atoms with Crippen molar-refractivity contribution in [3.63, 3.8) is 0 Å². The normalized spacial score (nSPS) is 15.0. The molecular weight excluding hydrogens is 368 g/mol. The van der Waals surface area contributed by atoms with Gasteiger partial charge in [0.25, 0.3) is 5.91 Å². The lowest BCUT2D eigenvalue weighted by Gasteiger charge is -2.14. The van der Waals surface area contributed by atoms with Crippen LogP contribution in [0.2, 0.25) is 0 Å². The van der Waals surface area contributed by atoms with Crippen molar-refractivity contribution in [2.75, 3.05) is 18.6 Å². The smallest absolute Gasteiger partial charge is 0.387 e. The Morgan fingerprint density at radius 3 is 2.68 bits per heavy atom. The molecule has 0 unspecified atom stereocenters. The van der Waals surface area contributed by atoms with Gasteiger partial charge in [-0.1, -0.05) is 25.1 Å². The molecule has 0 atom stereocenters. The zero-order valence-corrected chi connectivity index (χ0v) is 15.4. The molecule has 0 spiro atoms. The summed E-state index contributed by atoms with van der Waals surface area (Å²) in [6.45, 7) is -0.393. The second-order valence-electron chi connectivity index (χ2n) is 5.96. The van der Waals surface area contributed by atoms with E-state index in [1.807, 2.05) is 31.2 Å². The largest absolute Gasteiger partial charge is 0.493 e. The number of para-hydroxylation sites is 1. The molecule has 0 fully saturated rings. The van der Waals surface area contributed by atoms with Crippen LogP contribution in [-0.2, 0) is 4.79 Å². The van der Waals surface area contributed by atoms with Crippen molar-refractivity contribution in [3.05, 3.63) is 53.6 Å². The van der Waals surface area contributed by atoms with Crippen LogP contribution in [0.5, 0.6) is 11.5 Å². The van der Waals surface area contributed by atoms with Crippen LogP contribution in [0.3, 0.4) is 0 Å². The summed E-state index contributed by atoms with van der Waals surface area (Å²) in [7, 11) is 1.36. The summed E-state index contributed by atoms with van der Waals surface area (Å²) in [4.78, 5) is 14.3. The minimum Gasteiger partial charge on any atom is -0.493 e. The van der Waals surface area contributed by atoms with Gasteiger partial charge < -0.3 is 14.4 Å². The van der Waals surface area contributed by atoms with Gasteiger partial charge in [0.15, 0.2) is 17.2 Å². The Hall–Kier alpha value is -3.29. The van der Waals surface area contributed by atoms with Crippen molar-refractivity contribution in [3.8, 4) is 11.5 Å². The fourth-order valence-corrected chi connectivity index (χ4v) is 2.92. The van der Waals surface area contributed by atoms with Crippen LogP contribution in [0, 0.1) is 0 Å². The van der Waals surface area contributed by atoms with Crippen LogP contribution >= 0.6 is 0 Å². The molecule has 1 heterocycles. The number of methoxy groups -OCH3 is 1. The number of carbonyl (C=O) groups excluding carboxylic acids is 1. The molecule has 6 nitrogen and oxygen atoms in total. The lowest BCUT2D eigenvalue weighted by Crippen LogP contribution is -2.30. The number of hydrogen-bond donors (Lipinski definition) is 0. The van der Waals surface area contributed by atoms with Gasteiger partial charge in [0.05, 0.1) is 19.0 Å². The summed E-state index contributed by atoms with van der Waals surface area (Å²) in [6.07, 6.45) is 2.18. The molecule has 8 heteroatoms. The first kappa shape index (κ1) is 19.5. The molecule has 1 amide bonds. The number of benzene rings is 2. The number of alkyl halides is 2. The van der Waals surface area contributed by atoms with Gasteiger partial charge in [0.1, 0.15) is 0 Å². The highest BCUT2D eigenvalue weighted by atomic mass is 19.3. The number of hydrogen-bond acceptors (Lipinski definition) is 5. The molecule has 0 saturated heterocycles. The van der Waals surface area contributed by atoms with E-state index in [4.69, 9.17) is 4.74 Å². The summed E-state index contributed by atoms with van der Waals surface area (Å²) in [5.41, 5.74) is 2.25. The maximum atomic E-state index is 12.7. The maximum absolute atomic E-state index is 12.7. The van der Waals surface area contributed by atoms with Gasteiger partial charge in [-0.2, -0.15) is 13.9 Å². The first-order valence-electron chi connectivity index (χ1n) is 8.70. The minimum atomic E-state index is -2.97. The van der Waals surface area contributed by atoms with E-state index in [1.54, 1.807) is 11.0 Å². The fourth-order valence-electron chi connectivity index (χ4n) is 2.92. The van der Waals surface area contributed by atoms with Gasteiger partial charge in [-0.25, -0.2) is 0 Å². The number of amides is 1. The van der Waals surface area contributed by atoms with Crippen molar-refractivity contribution >= 4 is 23.5 Å². The Labute approximate surface area is 161 Å². The summed E-state index contributed by atoms with van der Waals surface area (Å²) in [5, 5.41) is 8.06. The zero-order valence-electron chi connectivity index (χ0n) is 15.4. The second kappa shape index (κ2) is 8.60. The average Bonchev–Trinajstić information content (AvgIpc) is 2.94. The molecule has 2 aromatic carbocycles. The van der Waals surface area contributed by atoms with E-state index in [-0.39, 0.29) is 23.1 Å².